The lowest BCUT2D eigenvalue weighted by atomic mass is 9.96. The van der Waals surface area contributed by atoms with Crippen LogP contribution >= 0.6 is 0 Å². The third-order valence-electron chi connectivity index (χ3n) is 7.63. The van der Waals surface area contributed by atoms with Crippen LogP contribution < -0.4 is 10.2 Å². The lowest BCUT2D eigenvalue weighted by Crippen LogP contribution is -2.39. The molecule has 2 fully saturated rings. The number of hydrogen-bond donors (Lipinski definition) is 1. The molecule has 10 heteroatoms. The molecule has 3 aromatic rings. The summed E-state index contributed by atoms with van der Waals surface area (Å²) in [7, 11) is 6.97. The number of aromatic nitrogens is 4. The molecular weight excluding hydrogens is 470 g/mol. The van der Waals surface area contributed by atoms with Crippen molar-refractivity contribution < 1.29 is 14.3 Å². The SMILES string of the molecule is COC(OC)C1CCN(c2ccc(Nc3ncc4cc(C(=O)N(C)C)n(C5CCCC5)c4n3)nc2)CC1. The summed E-state index contributed by atoms with van der Waals surface area (Å²) in [5.74, 6) is 1.55. The second kappa shape index (κ2) is 11.0. The number of ether oxygens (including phenoxy) is 2. The van der Waals surface area contributed by atoms with Gasteiger partial charge >= 0.3 is 0 Å². The van der Waals surface area contributed by atoms with Crippen LogP contribution in [0.15, 0.2) is 30.6 Å². The highest BCUT2D eigenvalue weighted by atomic mass is 16.7. The predicted octanol–water partition coefficient (Wildman–Crippen LogP) is 4.22. The number of pyridine rings is 1. The van der Waals surface area contributed by atoms with Crippen molar-refractivity contribution in [2.75, 3.05) is 51.6 Å². The third-order valence-corrected chi connectivity index (χ3v) is 7.63. The average molecular weight is 508 g/mol. The standard InChI is InChI=1S/C27H37N7O3/c1-32(2)25(35)22-15-19-16-29-27(31-24(19)34(22)20-7-5-6-8-20)30-23-10-9-21(17-28-23)33-13-11-18(12-14-33)26(36-3)37-4/h9-10,15-18,20,26H,5-8,11-14H2,1-4H3,(H,28,29,30,31). The van der Waals surface area contributed by atoms with Crippen LogP contribution in [0.3, 0.4) is 0 Å². The van der Waals surface area contributed by atoms with Gasteiger partial charge in [0.2, 0.25) is 5.95 Å². The minimum absolute atomic E-state index is 0.0133. The molecule has 1 amide bonds. The Morgan fingerprint density at radius 1 is 1.05 bits per heavy atom. The summed E-state index contributed by atoms with van der Waals surface area (Å²) in [6.45, 7) is 1.88. The van der Waals surface area contributed by atoms with E-state index in [1.54, 1.807) is 39.4 Å². The van der Waals surface area contributed by atoms with Gasteiger partial charge in [0.05, 0.1) is 11.9 Å². The van der Waals surface area contributed by atoms with Crippen molar-refractivity contribution >= 4 is 34.4 Å². The van der Waals surface area contributed by atoms with Crippen molar-refractivity contribution in [1.82, 2.24) is 24.4 Å². The summed E-state index contributed by atoms with van der Waals surface area (Å²) < 4.78 is 13.0. The van der Waals surface area contributed by atoms with E-state index in [-0.39, 0.29) is 18.2 Å². The zero-order valence-electron chi connectivity index (χ0n) is 22.2. The zero-order valence-corrected chi connectivity index (χ0v) is 22.2. The largest absolute Gasteiger partial charge is 0.370 e. The van der Waals surface area contributed by atoms with Crippen LogP contribution in [0, 0.1) is 5.92 Å². The molecule has 1 saturated carbocycles. The maximum absolute atomic E-state index is 12.9. The fourth-order valence-electron chi connectivity index (χ4n) is 5.67. The number of methoxy groups -OCH3 is 2. The van der Waals surface area contributed by atoms with Gasteiger partial charge in [0.25, 0.3) is 5.91 Å². The molecule has 0 aromatic carbocycles. The van der Waals surface area contributed by atoms with Crippen LogP contribution in [0.2, 0.25) is 0 Å². The lowest BCUT2D eigenvalue weighted by Gasteiger charge is -2.35. The number of rotatable bonds is 8. The molecule has 37 heavy (non-hydrogen) atoms. The Balaban J connectivity index is 1.32. The highest BCUT2D eigenvalue weighted by molar-refractivity contribution is 5.97. The lowest BCUT2D eigenvalue weighted by molar-refractivity contribution is -0.141. The number of hydrogen-bond acceptors (Lipinski definition) is 8. The quantitative estimate of drug-likeness (QED) is 0.453. The summed E-state index contributed by atoms with van der Waals surface area (Å²) in [6, 6.07) is 6.23. The van der Waals surface area contributed by atoms with Gasteiger partial charge in [-0.1, -0.05) is 12.8 Å². The molecule has 0 unspecified atom stereocenters. The first-order valence-electron chi connectivity index (χ1n) is 13.1. The summed E-state index contributed by atoms with van der Waals surface area (Å²) in [5.41, 5.74) is 2.56. The zero-order chi connectivity index (χ0) is 25.9. The summed E-state index contributed by atoms with van der Waals surface area (Å²) in [5, 5.41) is 4.12. The predicted molar refractivity (Wildman–Crippen MR) is 143 cm³/mol. The molecule has 0 radical (unpaired) electrons. The van der Waals surface area contributed by atoms with Gasteiger partial charge in [-0.2, -0.15) is 4.98 Å². The van der Waals surface area contributed by atoms with Gasteiger partial charge in [-0.3, -0.25) is 4.79 Å². The van der Waals surface area contributed by atoms with Crippen molar-refractivity contribution in [3.8, 4) is 0 Å². The number of piperidine rings is 1. The van der Waals surface area contributed by atoms with Gasteiger partial charge in [0, 0.05) is 64.9 Å². The van der Waals surface area contributed by atoms with E-state index in [2.05, 4.69) is 30.8 Å². The van der Waals surface area contributed by atoms with E-state index in [0.29, 0.717) is 23.4 Å². The molecule has 5 rings (SSSR count). The van der Waals surface area contributed by atoms with Gasteiger partial charge in [-0.25, -0.2) is 9.97 Å². The first-order valence-corrected chi connectivity index (χ1v) is 13.1. The molecular formula is C27H37N7O3. The van der Waals surface area contributed by atoms with E-state index in [9.17, 15) is 4.79 Å². The van der Waals surface area contributed by atoms with Crippen molar-refractivity contribution in [3.05, 3.63) is 36.3 Å². The fraction of sp³-hybridized carbons (Fsp3) is 0.556. The Labute approximate surface area is 218 Å². The smallest absolute Gasteiger partial charge is 0.270 e. The number of anilines is 3. The first kappa shape index (κ1) is 25.4. The van der Waals surface area contributed by atoms with E-state index in [1.807, 2.05) is 18.3 Å². The minimum atomic E-state index is -0.143. The van der Waals surface area contributed by atoms with Crippen LogP contribution in [0.25, 0.3) is 11.0 Å². The minimum Gasteiger partial charge on any atom is -0.370 e. The Bertz CT molecular complexity index is 1210. The maximum atomic E-state index is 12.9. The third kappa shape index (κ3) is 5.26. The molecule has 4 heterocycles. The van der Waals surface area contributed by atoms with Gasteiger partial charge < -0.3 is 29.2 Å². The summed E-state index contributed by atoms with van der Waals surface area (Å²) >= 11 is 0. The van der Waals surface area contributed by atoms with E-state index in [4.69, 9.17) is 14.5 Å². The molecule has 1 N–H and O–H groups in total. The van der Waals surface area contributed by atoms with Crippen LogP contribution in [0.5, 0.6) is 0 Å². The molecule has 0 spiro atoms. The Hall–Kier alpha value is -3.24. The van der Waals surface area contributed by atoms with Gasteiger partial charge in [0.15, 0.2) is 6.29 Å². The second-order valence-electron chi connectivity index (χ2n) is 10.2. The highest BCUT2D eigenvalue weighted by Gasteiger charge is 2.28. The molecule has 198 valence electrons. The molecule has 2 aliphatic rings. The van der Waals surface area contributed by atoms with E-state index < -0.39 is 0 Å². The first-order chi connectivity index (χ1) is 18.0. The van der Waals surface area contributed by atoms with Crippen molar-refractivity contribution in [3.63, 3.8) is 0 Å². The number of amides is 1. The van der Waals surface area contributed by atoms with Gasteiger partial charge in [0.1, 0.15) is 17.2 Å². The number of carbonyl (C=O) groups excluding carboxylic acids is 1. The van der Waals surface area contributed by atoms with Crippen molar-refractivity contribution in [2.24, 2.45) is 5.92 Å². The van der Waals surface area contributed by atoms with E-state index in [1.165, 1.54) is 12.8 Å². The number of fused-ring (bicyclic) bond motifs is 1. The molecule has 1 saturated heterocycles. The van der Waals surface area contributed by atoms with Crippen LogP contribution in [0.1, 0.15) is 55.1 Å². The summed E-state index contributed by atoms with van der Waals surface area (Å²) in [4.78, 5) is 30.8. The maximum Gasteiger partial charge on any atom is 0.270 e. The summed E-state index contributed by atoms with van der Waals surface area (Å²) in [6.07, 6.45) is 10.0. The van der Waals surface area contributed by atoms with E-state index in [0.717, 1.165) is 55.5 Å². The van der Waals surface area contributed by atoms with Crippen LogP contribution in [-0.2, 0) is 9.47 Å². The molecule has 0 atom stereocenters. The molecule has 10 nitrogen and oxygen atoms in total. The van der Waals surface area contributed by atoms with Gasteiger partial charge in [-0.05, 0) is 43.9 Å². The van der Waals surface area contributed by atoms with Crippen LogP contribution in [0.4, 0.5) is 17.5 Å². The van der Waals surface area contributed by atoms with Gasteiger partial charge in [-0.15, -0.1) is 0 Å². The Morgan fingerprint density at radius 3 is 2.41 bits per heavy atom. The fourth-order valence-corrected chi connectivity index (χ4v) is 5.67. The van der Waals surface area contributed by atoms with Crippen LogP contribution in [-0.4, -0.2) is 78.0 Å². The molecule has 1 aliphatic carbocycles. The Morgan fingerprint density at radius 2 is 1.78 bits per heavy atom. The molecule has 3 aromatic heterocycles. The number of nitrogens with zero attached hydrogens (tertiary/aromatic N) is 6. The average Bonchev–Trinajstić information content (AvgIpc) is 3.57. The topological polar surface area (TPSA) is 97.6 Å². The normalized spacial score (nSPS) is 17.2. The Kier molecular flexibility index (Phi) is 7.57. The van der Waals surface area contributed by atoms with Crippen molar-refractivity contribution in [2.45, 2.75) is 50.9 Å². The number of nitrogens with one attached hydrogen (secondary N) is 1. The monoisotopic (exact) mass is 507 g/mol. The molecule has 1 aliphatic heterocycles. The molecule has 0 bridgehead atoms. The highest BCUT2D eigenvalue weighted by Crippen LogP contribution is 2.35. The second-order valence-corrected chi connectivity index (χ2v) is 10.2. The number of carbonyl (C=O) groups is 1. The van der Waals surface area contributed by atoms with Crippen molar-refractivity contribution in [1.29, 1.82) is 0 Å². The van der Waals surface area contributed by atoms with E-state index >= 15 is 0 Å².